The van der Waals surface area contributed by atoms with Crippen molar-refractivity contribution >= 4 is 0 Å². The molecule has 0 saturated carbocycles. The quantitative estimate of drug-likeness (QED) is 0.709. The van der Waals surface area contributed by atoms with E-state index < -0.39 is 0 Å². The molecule has 0 bridgehead atoms. The van der Waals surface area contributed by atoms with Crippen molar-refractivity contribution in [1.82, 2.24) is 0 Å². The van der Waals surface area contributed by atoms with Crippen LogP contribution in [0.15, 0.2) is 35.9 Å². The summed E-state index contributed by atoms with van der Waals surface area (Å²) >= 11 is 0. The summed E-state index contributed by atoms with van der Waals surface area (Å²) < 4.78 is 0. The molecule has 2 N–H and O–H groups in total. The average molecular weight is 300 g/mol. The van der Waals surface area contributed by atoms with E-state index in [4.69, 9.17) is 0 Å². The summed E-state index contributed by atoms with van der Waals surface area (Å²) in [5.41, 5.74) is 4.09. The Kier molecular flexibility index (Phi) is 5.33. The summed E-state index contributed by atoms with van der Waals surface area (Å²) in [4.78, 5) is 0. The molecule has 2 nitrogen and oxygen atoms in total. The molecule has 0 heterocycles. The molecule has 2 atom stereocenters. The Morgan fingerprint density at radius 1 is 1.27 bits per heavy atom. The highest BCUT2D eigenvalue weighted by Gasteiger charge is 2.29. The van der Waals surface area contributed by atoms with Gasteiger partial charge in [0.2, 0.25) is 0 Å². The van der Waals surface area contributed by atoms with Crippen molar-refractivity contribution in [3.63, 3.8) is 0 Å². The Balaban J connectivity index is 2.41. The number of phenolic OH excluding ortho intramolecular Hbond substituents is 2. The molecule has 1 aromatic rings. The minimum atomic E-state index is 0.0199. The molecule has 1 aliphatic rings. The van der Waals surface area contributed by atoms with Crippen molar-refractivity contribution in [2.75, 3.05) is 0 Å². The summed E-state index contributed by atoms with van der Waals surface area (Å²) in [7, 11) is 0. The van der Waals surface area contributed by atoms with Gasteiger partial charge in [0.25, 0.3) is 0 Å². The van der Waals surface area contributed by atoms with Crippen molar-refractivity contribution in [2.45, 2.75) is 58.8 Å². The van der Waals surface area contributed by atoms with Crippen molar-refractivity contribution in [1.29, 1.82) is 0 Å². The maximum Gasteiger partial charge on any atom is 0.123 e. The lowest BCUT2D eigenvalue weighted by molar-refractivity contribution is 0.406. The monoisotopic (exact) mass is 300 g/mol. The van der Waals surface area contributed by atoms with Gasteiger partial charge >= 0.3 is 0 Å². The zero-order valence-corrected chi connectivity index (χ0v) is 14.0. The van der Waals surface area contributed by atoms with Crippen molar-refractivity contribution in [3.05, 3.63) is 47.1 Å². The number of aromatic hydroxyl groups is 2. The number of unbranched alkanes of at least 4 members (excludes halogenated alkanes) is 1. The standard InChI is InChI=1S/C20H28O2/c1-5-6-7-15-11-18(21)20(19(22)12-15)17-10-14(4)8-9-16(17)13(2)3/h10-12,16-17,21-22H,2,5-9H2,1,3-4H3. The third-order valence-corrected chi connectivity index (χ3v) is 4.73. The molecule has 120 valence electrons. The van der Waals surface area contributed by atoms with Crippen LogP contribution in [0.5, 0.6) is 11.5 Å². The first-order valence-electron chi connectivity index (χ1n) is 8.31. The second-order valence-electron chi connectivity index (χ2n) is 6.68. The SMILES string of the molecule is C=C(C)C1CCC(C)=CC1c1c(O)cc(CCCC)cc1O. The molecule has 0 saturated heterocycles. The van der Waals surface area contributed by atoms with E-state index in [2.05, 4.69) is 26.5 Å². The molecule has 0 fully saturated rings. The second kappa shape index (κ2) is 7.04. The topological polar surface area (TPSA) is 40.5 Å². The van der Waals surface area contributed by atoms with Crippen LogP contribution < -0.4 is 0 Å². The number of aryl methyl sites for hydroxylation is 1. The number of hydrogen-bond donors (Lipinski definition) is 2. The molecular formula is C20H28O2. The van der Waals surface area contributed by atoms with Gasteiger partial charge in [-0.15, -0.1) is 0 Å². The highest BCUT2D eigenvalue weighted by atomic mass is 16.3. The van der Waals surface area contributed by atoms with Gasteiger partial charge in [0.1, 0.15) is 11.5 Å². The smallest absolute Gasteiger partial charge is 0.123 e. The van der Waals surface area contributed by atoms with Crippen LogP contribution in [0.3, 0.4) is 0 Å². The minimum absolute atomic E-state index is 0.0199. The normalized spacial score (nSPS) is 21.5. The van der Waals surface area contributed by atoms with Gasteiger partial charge in [-0.05, 0) is 63.1 Å². The maximum atomic E-state index is 10.5. The molecule has 22 heavy (non-hydrogen) atoms. The molecule has 0 amide bonds. The van der Waals surface area contributed by atoms with Gasteiger partial charge in [-0.1, -0.05) is 37.1 Å². The molecule has 0 spiro atoms. The van der Waals surface area contributed by atoms with E-state index in [1.54, 1.807) is 0 Å². The Morgan fingerprint density at radius 2 is 1.91 bits per heavy atom. The van der Waals surface area contributed by atoms with Crippen molar-refractivity contribution < 1.29 is 10.2 Å². The molecule has 2 unspecified atom stereocenters. The van der Waals surface area contributed by atoms with E-state index in [1.807, 2.05) is 19.1 Å². The number of phenols is 2. The molecule has 0 aliphatic heterocycles. The first-order chi connectivity index (χ1) is 10.4. The molecule has 2 heteroatoms. The predicted molar refractivity (Wildman–Crippen MR) is 92.4 cm³/mol. The molecule has 2 rings (SSSR count). The summed E-state index contributed by atoms with van der Waals surface area (Å²) in [6.07, 6.45) is 7.33. The van der Waals surface area contributed by atoms with E-state index in [9.17, 15) is 10.2 Å². The van der Waals surface area contributed by atoms with E-state index in [0.717, 1.165) is 43.2 Å². The molecule has 1 aliphatic carbocycles. The third-order valence-electron chi connectivity index (χ3n) is 4.73. The predicted octanol–water partition coefficient (Wildman–Crippen LogP) is 5.46. The first-order valence-corrected chi connectivity index (χ1v) is 8.31. The van der Waals surface area contributed by atoms with Gasteiger partial charge in [-0.3, -0.25) is 0 Å². The van der Waals surface area contributed by atoms with Gasteiger partial charge in [-0.2, -0.15) is 0 Å². The van der Waals surface area contributed by atoms with Crippen LogP contribution in [0.2, 0.25) is 0 Å². The van der Waals surface area contributed by atoms with Crippen LogP contribution >= 0.6 is 0 Å². The van der Waals surface area contributed by atoms with Crippen LogP contribution in [0.1, 0.15) is 63.5 Å². The molecule has 0 aromatic heterocycles. The van der Waals surface area contributed by atoms with Gasteiger partial charge in [0, 0.05) is 11.5 Å². The van der Waals surface area contributed by atoms with E-state index in [-0.39, 0.29) is 23.3 Å². The highest BCUT2D eigenvalue weighted by Crippen LogP contribution is 2.46. The summed E-state index contributed by atoms with van der Waals surface area (Å²) in [6, 6.07) is 3.63. The van der Waals surface area contributed by atoms with Crippen LogP contribution in [-0.4, -0.2) is 10.2 Å². The zero-order valence-electron chi connectivity index (χ0n) is 14.0. The Morgan fingerprint density at radius 3 is 2.45 bits per heavy atom. The van der Waals surface area contributed by atoms with E-state index >= 15 is 0 Å². The summed E-state index contributed by atoms with van der Waals surface area (Å²) in [6.45, 7) is 10.4. The number of allylic oxidation sites excluding steroid dienone is 3. The second-order valence-corrected chi connectivity index (χ2v) is 6.68. The van der Waals surface area contributed by atoms with Gasteiger partial charge < -0.3 is 10.2 Å². The zero-order chi connectivity index (χ0) is 16.3. The lowest BCUT2D eigenvalue weighted by atomic mass is 9.73. The van der Waals surface area contributed by atoms with E-state index in [1.165, 1.54) is 5.57 Å². The van der Waals surface area contributed by atoms with Crippen LogP contribution in [0.4, 0.5) is 0 Å². The fourth-order valence-corrected chi connectivity index (χ4v) is 3.45. The van der Waals surface area contributed by atoms with Gasteiger partial charge in [-0.25, -0.2) is 0 Å². The number of benzene rings is 1. The van der Waals surface area contributed by atoms with Crippen LogP contribution in [0, 0.1) is 5.92 Å². The van der Waals surface area contributed by atoms with Crippen molar-refractivity contribution in [2.24, 2.45) is 5.92 Å². The van der Waals surface area contributed by atoms with Gasteiger partial charge in [0.15, 0.2) is 0 Å². The Labute approximate surface area is 134 Å². The lowest BCUT2D eigenvalue weighted by Crippen LogP contribution is -2.17. The largest absolute Gasteiger partial charge is 0.507 e. The van der Waals surface area contributed by atoms with Crippen molar-refractivity contribution in [3.8, 4) is 11.5 Å². The Hall–Kier alpha value is -1.70. The fraction of sp³-hybridized carbons (Fsp3) is 0.500. The molecule has 1 aromatic carbocycles. The van der Waals surface area contributed by atoms with Gasteiger partial charge in [0.05, 0.1) is 0 Å². The maximum absolute atomic E-state index is 10.5. The minimum Gasteiger partial charge on any atom is -0.507 e. The number of rotatable bonds is 5. The van der Waals surface area contributed by atoms with E-state index in [0.29, 0.717) is 5.56 Å². The van der Waals surface area contributed by atoms with Crippen LogP contribution in [0.25, 0.3) is 0 Å². The average Bonchev–Trinajstić information content (AvgIpc) is 2.44. The summed E-state index contributed by atoms with van der Waals surface area (Å²) in [5, 5.41) is 21.0. The first kappa shape index (κ1) is 16.7. The molecule has 0 radical (unpaired) electrons. The van der Waals surface area contributed by atoms with Crippen LogP contribution in [-0.2, 0) is 6.42 Å². The lowest BCUT2D eigenvalue weighted by Gasteiger charge is -2.31. The molecular weight excluding hydrogens is 272 g/mol. The summed E-state index contributed by atoms with van der Waals surface area (Å²) in [5.74, 6) is 0.732. The highest BCUT2D eigenvalue weighted by molar-refractivity contribution is 5.51. The fourth-order valence-electron chi connectivity index (χ4n) is 3.45. The third kappa shape index (κ3) is 3.55. The number of hydrogen-bond acceptors (Lipinski definition) is 2. The Bertz CT molecular complexity index is 560.